The number of amides is 2. The average molecular weight is 491 g/mol. The largest absolute Gasteiger partial charge is 0.493 e. The van der Waals surface area contributed by atoms with Crippen molar-refractivity contribution in [3.8, 4) is 23.0 Å². The molecular weight excluding hydrogens is 460 g/mol. The molecule has 36 heavy (non-hydrogen) atoms. The number of nitrogens with one attached hydrogen (secondary N) is 1. The molecule has 3 aromatic carbocycles. The van der Waals surface area contributed by atoms with E-state index in [2.05, 4.69) is 5.32 Å². The molecule has 1 heterocycles. The summed E-state index contributed by atoms with van der Waals surface area (Å²) in [6.45, 7) is 2.75. The number of rotatable bonds is 10. The maximum atomic E-state index is 13.4. The third kappa shape index (κ3) is 4.93. The first kappa shape index (κ1) is 24.9. The maximum Gasteiger partial charge on any atom is 0.255 e. The Balaban J connectivity index is 1.71. The van der Waals surface area contributed by atoms with Crippen molar-refractivity contribution in [2.24, 2.45) is 0 Å². The number of methoxy groups -OCH3 is 3. The first-order chi connectivity index (χ1) is 17.5. The van der Waals surface area contributed by atoms with Crippen molar-refractivity contribution in [2.45, 2.75) is 25.9 Å². The number of carbonyl (C=O) groups is 2. The Bertz CT molecular complexity index is 1230. The lowest BCUT2D eigenvalue weighted by Gasteiger charge is -2.29. The molecule has 0 saturated carbocycles. The Labute approximate surface area is 210 Å². The maximum absolute atomic E-state index is 13.4. The van der Waals surface area contributed by atoms with E-state index in [-0.39, 0.29) is 18.2 Å². The zero-order valence-electron chi connectivity index (χ0n) is 20.9. The van der Waals surface area contributed by atoms with E-state index in [0.29, 0.717) is 53.0 Å². The Morgan fingerprint density at radius 3 is 2.25 bits per heavy atom. The van der Waals surface area contributed by atoms with Gasteiger partial charge in [0, 0.05) is 12.1 Å². The third-order valence-corrected chi connectivity index (χ3v) is 6.14. The molecule has 1 aliphatic heterocycles. The Kier molecular flexibility index (Phi) is 7.63. The van der Waals surface area contributed by atoms with Gasteiger partial charge >= 0.3 is 0 Å². The van der Waals surface area contributed by atoms with Crippen LogP contribution in [0, 0.1) is 0 Å². The second-order valence-corrected chi connectivity index (χ2v) is 8.25. The van der Waals surface area contributed by atoms with Crippen LogP contribution >= 0.6 is 0 Å². The Hall–Kier alpha value is -4.20. The van der Waals surface area contributed by atoms with Crippen LogP contribution in [0.2, 0.25) is 0 Å². The lowest BCUT2D eigenvalue weighted by atomic mass is 10.00. The zero-order chi connectivity index (χ0) is 25.7. The molecule has 0 unspecified atom stereocenters. The van der Waals surface area contributed by atoms with E-state index < -0.39 is 6.04 Å². The molecule has 4 rings (SSSR count). The van der Waals surface area contributed by atoms with E-state index in [1.165, 1.54) is 21.3 Å². The van der Waals surface area contributed by atoms with Gasteiger partial charge < -0.3 is 29.2 Å². The molecule has 0 bridgehead atoms. The summed E-state index contributed by atoms with van der Waals surface area (Å²) in [5.74, 6) is 1.53. The number of fused-ring (bicyclic) bond motifs is 1. The second-order valence-electron chi connectivity index (χ2n) is 8.25. The van der Waals surface area contributed by atoms with E-state index >= 15 is 0 Å². The van der Waals surface area contributed by atoms with Gasteiger partial charge in [0.2, 0.25) is 11.7 Å². The van der Waals surface area contributed by atoms with E-state index in [4.69, 9.17) is 18.9 Å². The molecule has 1 aliphatic rings. The SMILES string of the molecule is CCOc1ccccc1NC(=O)C[C@@H](c1cc(OC)c(OC)c(OC)c1)N1Cc2ccccc2C1=O. The normalized spacial score (nSPS) is 13.1. The van der Waals surface area contributed by atoms with Gasteiger partial charge in [0.1, 0.15) is 5.75 Å². The third-order valence-electron chi connectivity index (χ3n) is 6.14. The zero-order valence-corrected chi connectivity index (χ0v) is 20.9. The number of hydrogen-bond acceptors (Lipinski definition) is 6. The van der Waals surface area contributed by atoms with Crippen LogP contribution in [0.1, 0.15) is 40.9 Å². The molecule has 0 aromatic heterocycles. The van der Waals surface area contributed by atoms with Gasteiger partial charge in [0.15, 0.2) is 11.5 Å². The topological polar surface area (TPSA) is 86.3 Å². The fourth-order valence-electron chi connectivity index (χ4n) is 4.46. The van der Waals surface area contributed by atoms with Crippen LogP contribution in [0.5, 0.6) is 23.0 Å². The van der Waals surface area contributed by atoms with Gasteiger partial charge in [-0.25, -0.2) is 0 Å². The summed E-state index contributed by atoms with van der Waals surface area (Å²) in [5, 5.41) is 2.95. The number of carbonyl (C=O) groups excluding carboxylic acids is 2. The minimum atomic E-state index is -0.585. The van der Waals surface area contributed by atoms with Crippen molar-refractivity contribution in [2.75, 3.05) is 33.3 Å². The van der Waals surface area contributed by atoms with Gasteiger partial charge in [-0.1, -0.05) is 30.3 Å². The highest BCUT2D eigenvalue weighted by atomic mass is 16.5. The van der Waals surface area contributed by atoms with Crippen LogP contribution in [0.3, 0.4) is 0 Å². The van der Waals surface area contributed by atoms with Crippen molar-refractivity contribution in [1.82, 2.24) is 4.90 Å². The van der Waals surface area contributed by atoms with Crippen molar-refractivity contribution in [3.05, 3.63) is 77.4 Å². The van der Waals surface area contributed by atoms with E-state index in [0.717, 1.165) is 5.56 Å². The first-order valence-electron chi connectivity index (χ1n) is 11.7. The van der Waals surface area contributed by atoms with Gasteiger partial charge in [-0.15, -0.1) is 0 Å². The molecule has 188 valence electrons. The number of hydrogen-bond donors (Lipinski definition) is 1. The highest BCUT2D eigenvalue weighted by Crippen LogP contribution is 2.43. The van der Waals surface area contributed by atoms with E-state index in [1.807, 2.05) is 43.3 Å². The van der Waals surface area contributed by atoms with Crippen LogP contribution < -0.4 is 24.3 Å². The standard InChI is InChI=1S/C28H30N2O6/c1-5-36-23-13-9-8-12-21(23)29-26(31)16-22(30-17-18-10-6-7-11-20(18)28(30)32)19-14-24(33-2)27(35-4)25(15-19)34-3/h6-15,22H,5,16-17H2,1-4H3,(H,29,31)/t22-/m0/s1. The van der Waals surface area contributed by atoms with Crippen LogP contribution in [0.15, 0.2) is 60.7 Å². The molecule has 0 aliphatic carbocycles. The predicted octanol–water partition coefficient (Wildman–Crippen LogP) is 4.84. The van der Waals surface area contributed by atoms with Crippen LogP contribution in [-0.2, 0) is 11.3 Å². The van der Waals surface area contributed by atoms with Crippen molar-refractivity contribution in [1.29, 1.82) is 0 Å². The molecule has 0 spiro atoms. The van der Waals surface area contributed by atoms with Gasteiger partial charge in [-0.3, -0.25) is 9.59 Å². The van der Waals surface area contributed by atoms with Gasteiger partial charge in [0.05, 0.1) is 46.1 Å². The molecule has 8 heteroatoms. The van der Waals surface area contributed by atoms with Crippen molar-refractivity contribution in [3.63, 3.8) is 0 Å². The minimum absolute atomic E-state index is 0.0127. The smallest absolute Gasteiger partial charge is 0.255 e. The van der Waals surface area contributed by atoms with Crippen LogP contribution in [0.25, 0.3) is 0 Å². The number of ether oxygens (including phenoxy) is 4. The molecule has 0 saturated heterocycles. The summed E-state index contributed by atoms with van der Waals surface area (Å²) in [6.07, 6.45) is 0.0127. The van der Waals surface area contributed by atoms with Crippen LogP contribution in [0.4, 0.5) is 5.69 Å². The summed E-state index contributed by atoms with van der Waals surface area (Å²) in [5.41, 5.74) is 2.82. The molecule has 0 radical (unpaired) electrons. The molecule has 3 aromatic rings. The van der Waals surface area contributed by atoms with Crippen molar-refractivity contribution >= 4 is 17.5 Å². The lowest BCUT2D eigenvalue weighted by Crippen LogP contribution is -2.32. The number of para-hydroxylation sites is 2. The second kappa shape index (κ2) is 11.0. The summed E-state index contributed by atoms with van der Waals surface area (Å²) in [6, 6.07) is 17.7. The summed E-state index contributed by atoms with van der Waals surface area (Å²) in [7, 11) is 4.59. The molecule has 1 atom stereocenters. The fraction of sp³-hybridized carbons (Fsp3) is 0.286. The van der Waals surface area contributed by atoms with Crippen LogP contribution in [-0.4, -0.2) is 44.7 Å². The fourth-order valence-corrected chi connectivity index (χ4v) is 4.46. The molecule has 0 fully saturated rings. The highest BCUT2D eigenvalue weighted by molar-refractivity contribution is 5.99. The quantitative estimate of drug-likeness (QED) is 0.438. The molecule has 8 nitrogen and oxygen atoms in total. The first-order valence-corrected chi connectivity index (χ1v) is 11.7. The molecule has 2 amide bonds. The van der Waals surface area contributed by atoms with Gasteiger partial charge in [-0.2, -0.15) is 0 Å². The molecule has 1 N–H and O–H groups in total. The van der Waals surface area contributed by atoms with Gasteiger partial charge in [-0.05, 0) is 48.4 Å². The van der Waals surface area contributed by atoms with E-state index in [9.17, 15) is 9.59 Å². The van der Waals surface area contributed by atoms with Crippen molar-refractivity contribution < 1.29 is 28.5 Å². The highest BCUT2D eigenvalue weighted by Gasteiger charge is 2.35. The lowest BCUT2D eigenvalue weighted by molar-refractivity contribution is -0.117. The predicted molar refractivity (Wildman–Crippen MR) is 136 cm³/mol. The Morgan fingerprint density at radius 2 is 1.61 bits per heavy atom. The summed E-state index contributed by atoms with van der Waals surface area (Å²) >= 11 is 0. The van der Waals surface area contributed by atoms with Gasteiger partial charge in [0.25, 0.3) is 5.91 Å². The summed E-state index contributed by atoms with van der Waals surface area (Å²) in [4.78, 5) is 28.4. The number of anilines is 1. The number of nitrogens with zero attached hydrogens (tertiary/aromatic N) is 1. The average Bonchev–Trinajstić information content (AvgIpc) is 3.23. The minimum Gasteiger partial charge on any atom is -0.493 e. The number of benzene rings is 3. The summed E-state index contributed by atoms with van der Waals surface area (Å²) < 4.78 is 22.2. The Morgan fingerprint density at radius 1 is 0.944 bits per heavy atom. The monoisotopic (exact) mass is 490 g/mol. The van der Waals surface area contributed by atoms with E-state index in [1.54, 1.807) is 29.2 Å². The molecular formula is C28H30N2O6.